The Labute approximate surface area is 102 Å². The highest BCUT2D eigenvalue weighted by Crippen LogP contribution is 2.22. The van der Waals surface area contributed by atoms with Crippen LogP contribution < -0.4 is 10.6 Å². The maximum atomic E-state index is 13.9. The van der Waals surface area contributed by atoms with Crippen LogP contribution in [0.1, 0.15) is 31.9 Å². The van der Waals surface area contributed by atoms with Gasteiger partial charge in [-0.3, -0.25) is 0 Å². The third-order valence-corrected chi connectivity index (χ3v) is 2.81. The molecule has 1 aromatic rings. The van der Waals surface area contributed by atoms with E-state index in [0.29, 0.717) is 25.2 Å². The number of nitrogens with two attached hydrogens (primary N) is 1. The van der Waals surface area contributed by atoms with Crippen LogP contribution in [0.15, 0.2) is 18.2 Å². The number of hydrogen-bond acceptors (Lipinski definition) is 3. The van der Waals surface area contributed by atoms with Gasteiger partial charge in [0.05, 0.1) is 5.69 Å². The summed E-state index contributed by atoms with van der Waals surface area (Å²) < 4.78 is 13.9. The molecular weight excluding hydrogens is 219 g/mol. The second-order valence-electron chi connectivity index (χ2n) is 4.16. The zero-order chi connectivity index (χ0) is 12.8. The van der Waals surface area contributed by atoms with E-state index in [1.165, 1.54) is 6.07 Å². The Kier molecular flexibility index (Phi) is 5.38. The van der Waals surface area contributed by atoms with E-state index in [-0.39, 0.29) is 18.5 Å². The minimum Gasteiger partial charge on any atom is -0.396 e. The van der Waals surface area contributed by atoms with E-state index in [0.717, 1.165) is 5.56 Å². The molecule has 0 unspecified atom stereocenters. The van der Waals surface area contributed by atoms with Crippen LogP contribution in [0.3, 0.4) is 0 Å². The lowest BCUT2D eigenvalue weighted by atomic mass is 10.1. The molecule has 0 radical (unpaired) electrons. The summed E-state index contributed by atoms with van der Waals surface area (Å²) in [5.74, 6) is -0.250. The van der Waals surface area contributed by atoms with Gasteiger partial charge in [-0.25, -0.2) is 4.39 Å². The first-order valence-electron chi connectivity index (χ1n) is 6.01. The van der Waals surface area contributed by atoms with E-state index in [2.05, 4.69) is 0 Å². The van der Waals surface area contributed by atoms with Crippen LogP contribution in [0, 0.1) is 5.82 Å². The zero-order valence-electron chi connectivity index (χ0n) is 10.5. The van der Waals surface area contributed by atoms with Gasteiger partial charge >= 0.3 is 0 Å². The highest BCUT2D eigenvalue weighted by Gasteiger charge is 2.11. The summed E-state index contributed by atoms with van der Waals surface area (Å²) in [5, 5.41) is 8.81. The number of rotatable bonds is 6. The monoisotopic (exact) mass is 240 g/mol. The van der Waals surface area contributed by atoms with Gasteiger partial charge in [-0.1, -0.05) is 6.07 Å². The van der Waals surface area contributed by atoms with Gasteiger partial charge in [0, 0.05) is 25.7 Å². The average molecular weight is 240 g/mol. The Hall–Kier alpha value is -1.13. The average Bonchev–Trinajstić information content (AvgIpc) is 2.31. The molecule has 0 aliphatic carbocycles. The minimum atomic E-state index is -0.250. The molecule has 0 spiro atoms. The maximum absolute atomic E-state index is 13.9. The van der Waals surface area contributed by atoms with Gasteiger partial charge in [0.2, 0.25) is 0 Å². The van der Waals surface area contributed by atoms with Crippen molar-refractivity contribution in [1.29, 1.82) is 0 Å². The highest BCUT2D eigenvalue weighted by molar-refractivity contribution is 5.49. The fourth-order valence-corrected chi connectivity index (χ4v) is 1.77. The largest absolute Gasteiger partial charge is 0.396 e. The molecule has 17 heavy (non-hydrogen) atoms. The van der Waals surface area contributed by atoms with Gasteiger partial charge in [0.25, 0.3) is 0 Å². The topological polar surface area (TPSA) is 49.5 Å². The van der Waals surface area contributed by atoms with E-state index in [1.807, 2.05) is 24.8 Å². The minimum absolute atomic E-state index is 0.121. The number of aliphatic hydroxyl groups excluding tert-OH is 1. The first-order valence-corrected chi connectivity index (χ1v) is 6.01. The smallest absolute Gasteiger partial charge is 0.146 e. The van der Waals surface area contributed by atoms with Crippen molar-refractivity contribution in [3.63, 3.8) is 0 Å². The number of benzene rings is 1. The normalized spacial score (nSPS) is 12.5. The zero-order valence-corrected chi connectivity index (χ0v) is 10.5. The molecule has 0 saturated heterocycles. The lowest BCUT2D eigenvalue weighted by molar-refractivity contribution is 0.289. The SMILES string of the molecule is CCN(CCCO)c1ccc([C@H](C)N)cc1F. The molecule has 0 bridgehead atoms. The molecule has 0 aliphatic rings. The van der Waals surface area contributed by atoms with Gasteiger partial charge in [-0.2, -0.15) is 0 Å². The van der Waals surface area contributed by atoms with Gasteiger partial charge in [0.15, 0.2) is 0 Å². The maximum Gasteiger partial charge on any atom is 0.146 e. The molecule has 1 atom stereocenters. The number of hydrogen-bond donors (Lipinski definition) is 2. The Morgan fingerprint density at radius 2 is 2.18 bits per heavy atom. The molecule has 0 saturated carbocycles. The predicted octanol–water partition coefficient (Wildman–Crippen LogP) is 2.05. The van der Waals surface area contributed by atoms with E-state index in [4.69, 9.17) is 10.8 Å². The molecule has 0 aliphatic heterocycles. The fraction of sp³-hybridized carbons (Fsp3) is 0.538. The Morgan fingerprint density at radius 3 is 2.65 bits per heavy atom. The lowest BCUT2D eigenvalue weighted by Crippen LogP contribution is -2.25. The lowest BCUT2D eigenvalue weighted by Gasteiger charge is -2.23. The molecule has 3 nitrogen and oxygen atoms in total. The first kappa shape index (κ1) is 13.9. The van der Waals surface area contributed by atoms with Crippen molar-refractivity contribution in [3.05, 3.63) is 29.6 Å². The van der Waals surface area contributed by atoms with Gasteiger partial charge in [-0.05, 0) is 38.0 Å². The summed E-state index contributed by atoms with van der Waals surface area (Å²) in [6.45, 7) is 5.29. The molecule has 0 aromatic heterocycles. The van der Waals surface area contributed by atoms with Gasteiger partial charge in [-0.15, -0.1) is 0 Å². The van der Waals surface area contributed by atoms with Crippen LogP contribution >= 0.6 is 0 Å². The van der Waals surface area contributed by atoms with Crippen molar-refractivity contribution < 1.29 is 9.50 Å². The van der Waals surface area contributed by atoms with E-state index >= 15 is 0 Å². The molecule has 0 heterocycles. The molecule has 96 valence electrons. The third kappa shape index (κ3) is 3.68. The van der Waals surface area contributed by atoms with Crippen molar-refractivity contribution in [2.75, 3.05) is 24.6 Å². The summed E-state index contributed by atoms with van der Waals surface area (Å²) in [4.78, 5) is 1.91. The predicted molar refractivity (Wildman–Crippen MR) is 68.6 cm³/mol. The summed E-state index contributed by atoms with van der Waals surface area (Å²) in [6.07, 6.45) is 0.641. The van der Waals surface area contributed by atoms with Crippen molar-refractivity contribution in [1.82, 2.24) is 0 Å². The quantitative estimate of drug-likeness (QED) is 0.800. The Morgan fingerprint density at radius 1 is 1.47 bits per heavy atom. The summed E-state index contributed by atoms with van der Waals surface area (Å²) >= 11 is 0. The third-order valence-electron chi connectivity index (χ3n) is 2.81. The fourth-order valence-electron chi connectivity index (χ4n) is 1.77. The molecule has 1 rings (SSSR count). The molecule has 1 aromatic carbocycles. The number of anilines is 1. The standard InChI is InChI=1S/C13H21FN2O/c1-3-16(7-4-8-17)13-6-5-11(10(2)15)9-12(13)14/h5-6,9-10,17H,3-4,7-8,15H2,1-2H3/t10-/m0/s1. The molecule has 0 fully saturated rings. The second kappa shape index (κ2) is 6.57. The number of nitrogens with zero attached hydrogens (tertiary/aromatic N) is 1. The molecule has 4 heteroatoms. The molecular formula is C13H21FN2O. The van der Waals surface area contributed by atoms with Crippen molar-refractivity contribution in [2.45, 2.75) is 26.3 Å². The number of halogens is 1. The van der Waals surface area contributed by atoms with Crippen molar-refractivity contribution in [3.8, 4) is 0 Å². The van der Waals surface area contributed by atoms with Crippen LogP contribution in [-0.2, 0) is 0 Å². The number of aliphatic hydroxyl groups is 1. The van der Waals surface area contributed by atoms with Crippen LogP contribution in [0.25, 0.3) is 0 Å². The Bertz CT molecular complexity index is 355. The van der Waals surface area contributed by atoms with Crippen molar-refractivity contribution >= 4 is 5.69 Å². The van der Waals surface area contributed by atoms with Crippen molar-refractivity contribution in [2.24, 2.45) is 5.73 Å². The molecule has 3 N–H and O–H groups in total. The summed E-state index contributed by atoms with van der Waals surface area (Å²) in [5.41, 5.74) is 7.08. The van der Waals surface area contributed by atoms with E-state index in [9.17, 15) is 4.39 Å². The van der Waals surface area contributed by atoms with Crippen LogP contribution in [0.4, 0.5) is 10.1 Å². The summed E-state index contributed by atoms with van der Waals surface area (Å²) in [6, 6.07) is 4.94. The summed E-state index contributed by atoms with van der Waals surface area (Å²) in [7, 11) is 0. The van der Waals surface area contributed by atoms with Crippen LogP contribution in [0.2, 0.25) is 0 Å². The van der Waals surface area contributed by atoms with E-state index < -0.39 is 0 Å². The highest BCUT2D eigenvalue weighted by atomic mass is 19.1. The van der Waals surface area contributed by atoms with Crippen LogP contribution in [-0.4, -0.2) is 24.8 Å². The first-order chi connectivity index (χ1) is 8.10. The Balaban J connectivity index is 2.88. The van der Waals surface area contributed by atoms with Crippen LogP contribution in [0.5, 0.6) is 0 Å². The van der Waals surface area contributed by atoms with Gasteiger partial charge < -0.3 is 15.7 Å². The van der Waals surface area contributed by atoms with E-state index in [1.54, 1.807) is 6.07 Å². The second-order valence-corrected chi connectivity index (χ2v) is 4.16. The molecule has 0 amide bonds. The van der Waals surface area contributed by atoms with Gasteiger partial charge in [0.1, 0.15) is 5.82 Å².